The Bertz CT molecular complexity index is 552. The van der Waals surface area contributed by atoms with Crippen molar-refractivity contribution >= 4 is 5.69 Å². The summed E-state index contributed by atoms with van der Waals surface area (Å²) in [5, 5.41) is 0. The predicted octanol–water partition coefficient (Wildman–Crippen LogP) is 3.49. The molecular weight excluding hydrogens is 244 g/mol. The molecule has 1 fully saturated rings. The van der Waals surface area contributed by atoms with Gasteiger partial charge in [-0.25, -0.2) is 4.90 Å². The van der Waals surface area contributed by atoms with Gasteiger partial charge in [0.1, 0.15) is 12.4 Å². The van der Waals surface area contributed by atoms with Crippen LogP contribution in [-0.4, -0.2) is 31.2 Å². The Morgan fingerprint density at radius 2 is 1.60 bits per heavy atom. The fourth-order valence-corrected chi connectivity index (χ4v) is 3.30. The molecular formula is C18H23N2+. The van der Waals surface area contributed by atoms with E-state index in [-0.39, 0.29) is 0 Å². The average molecular weight is 267 g/mol. The lowest BCUT2D eigenvalue weighted by molar-refractivity contribution is 0.235. The van der Waals surface area contributed by atoms with Crippen LogP contribution in [0.1, 0.15) is 12.5 Å². The second kappa shape index (κ2) is 5.39. The standard InChI is InChI=1S/C18H23N2/c1-16-14-20(2,18-11-7-4-8-12-18)15-19(16)13-17-9-5-3-6-10-17/h3-12,16H,13-15H2,1-2H3/q+1. The molecule has 2 unspecified atom stereocenters. The van der Waals surface area contributed by atoms with Crippen LogP contribution in [0, 0.1) is 0 Å². The monoisotopic (exact) mass is 267 g/mol. The van der Waals surface area contributed by atoms with Crippen LogP contribution in [0.15, 0.2) is 60.7 Å². The highest BCUT2D eigenvalue weighted by atomic mass is 15.5. The van der Waals surface area contributed by atoms with Crippen molar-refractivity contribution in [3.8, 4) is 0 Å². The van der Waals surface area contributed by atoms with Crippen molar-refractivity contribution in [3.63, 3.8) is 0 Å². The molecule has 2 atom stereocenters. The van der Waals surface area contributed by atoms with E-state index in [0.29, 0.717) is 6.04 Å². The van der Waals surface area contributed by atoms with Crippen LogP contribution < -0.4 is 4.48 Å². The molecule has 2 nitrogen and oxygen atoms in total. The Morgan fingerprint density at radius 1 is 1.00 bits per heavy atom. The van der Waals surface area contributed by atoms with Crippen molar-refractivity contribution in [2.24, 2.45) is 0 Å². The summed E-state index contributed by atoms with van der Waals surface area (Å²) in [6.07, 6.45) is 0. The molecule has 0 saturated carbocycles. The highest BCUT2D eigenvalue weighted by Crippen LogP contribution is 2.29. The Hall–Kier alpha value is -1.64. The van der Waals surface area contributed by atoms with Gasteiger partial charge in [0.2, 0.25) is 0 Å². The average Bonchev–Trinajstić information content (AvgIpc) is 2.77. The molecule has 104 valence electrons. The second-order valence-corrected chi connectivity index (χ2v) is 6.14. The first-order valence-corrected chi connectivity index (χ1v) is 7.35. The summed E-state index contributed by atoms with van der Waals surface area (Å²) in [4.78, 5) is 2.59. The van der Waals surface area contributed by atoms with Gasteiger partial charge in [0, 0.05) is 6.54 Å². The number of hydrogen-bond donors (Lipinski definition) is 0. The van der Waals surface area contributed by atoms with E-state index in [1.54, 1.807) is 0 Å². The van der Waals surface area contributed by atoms with Crippen LogP contribution in [-0.2, 0) is 6.54 Å². The third kappa shape index (κ3) is 2.62. The number of benzene rings is 2. The zero-order valence-electron chi connectivity index (χ0n) is 12.4. The zero-order valence-corrected chi connectivity index (χ0v) is 12.4. The van der Waals surface area contributed by atoms with Gasteiger partial charge in [-0.15, -0.1) is 0 Å². The molecule has 0 aromatic heterocycles. The summed E-state index contributed by atoms with van der Waals surface area (Å²) >= 11 is 0. The zero-order chi connectivity index (χ0) is 14.0. The molecule has 3 rings (SSSR count). The smallest absolute Gasteiger partial charge is 0.140 e. The second-order valence-electron chi connectivity index (χ2n) is 6.14. The number of quaternary nitrogens is 1. The first-order chi connectivity index (χ1) is 9.67. The van der Waals surface area contributed by atoms with Crippen LogP contribution in [0.4, 0.5) is 5.69 Å². The van der Waals surface area contributed by atoms with Crippen molar-refractivity contribution in [2.45, 2.75) is 19.5 Å². The third-order valence-electron chi connectivity index (χ3n) is 4.39. The van der Waals surface area contributed by atoms with Gasteiger partial charge in [-0.2, -0.15) is 0 Å². The van der Waals surface area contributed by atoms with Gasteiger partial charge in [0.05, 0.1) is 19.6 Å². The molecule has 2 aromatic rings. The van der Waals surface area contributed by atoms with E-state index in [1.165, 1.54) is 17.8 Å². The maximum absolute atomic E-state index is 2.59. The van der Waals surface area contributed by atoms with Gasteiger partial charge < -0.3 is 0 Å². The van der Waals surface area contributed by atoms with Crippen molar-refractivity contribution in [2.75, 3.05) is 20.3 Å². The van der Waals surface area contributed by atoms with Gasteiger partial charge in [0.15, 0.2) is 0 Å². The summed E-state index contributed by atoms with van der Waals surface area (Å²) in [6.45, 7) is 5.65. The number of nitrogens with zero attached hydrogens (tertiary/aromatic N) is 2. The molecule has 0 amide bonds. The normalized spacial score (nSPS) is 26.8. The SMILES string of the molecule is CC1C[N+](C)(c2ccccc2)CN1Cc1ccccc1. The number of para-hydroxylation sites is 1. The highest BCUT2D eigenvalue weighted by molar-refractivity contribution is 5.42. The lowest BCUT2D eigenvalue weighted by Gasteiger charge is -2.28. The van der Waals surface area contributed by atoms with Crippen LogP contribution in [0.25, 0.3) is 0 Å². The van der Waals surface area contributed by atoms with E-state index in [4.69, 9.17) is 0 Å². The molecule has 0 bridgehead atoms. The van der Waals surface area contributed by atoms with Gasteiger partial charge in [-0.3, -0.25) is 4.48 Å². The molecule has 1 saturated heterocycles. The molecule has 0 aliphatic carbocycles. The minimum Gasteiger partial charge on any atom is -0.280 e. The van der Waals surface area contributed by atoms with Crippen LogP contribution >= 0.6 is 0 Å². The van der Waals surface area contributed by atoms with E-state index in [2.05, 4.69) is 79.5 Å². The van der Waals surface area contributed by atoms with E-state index in [1.807, 2.05) is 0 Å². The number of rotatable bonds is 3. The summed E-state index contributed by atoms with van der Waals surface area (Å²) in [6, 6.07) is 22.3. The minimum atomic E-state index is 0.611. The van der Waals surface area contributed by atoms with E-state index in [9.17, 15) is 0 Å². The Morgan fingerprint density at radius 3 is 2.25 bits per heavy atom. The summed E-state index contributed by atoms with van der Waals surface area (Å²) in [5.41, 5.74) is 2.82. The van der Waals surface area contributed by atoms with Gasteiger partial charge in [-0.05, 0) is 24.6 Å². The number of likely N-dealkylation sites (N-methyl/N-ethyl adjacent to an activating group) is 1. The Kier molecular flexibility index (Phi) is 3.60. The van der Waals surface area contributed by atoms with E-state index >= 15 is 0 Å². The molecule has 0 radical (unpaired) electrons. The Labute approximate surface area is 121 Å². The summed E-state index contributed by atoms with van der Waals surface area (Å²) in [7, 11) is 2.34. The quantitative estimate of drug-likeness (QED) is 0.770. The van der Waals surface area contributed by atoms with E-state index in [0.717, 1.165) is 17.7 Å². The summed E-state index contributed by atoms with van der Waals surface area (Å²) < 4.78 is 1.01. The van der Waals surface area contributed by atoms with Crippen molar-refractivity contribution in [1.82, 2.24) is 9.38 Å². The molecule has 1 heterocycles. The Balaban J connectivity index is 1.77. The maximum atomic E-state index is 2.59. The lowest BCUT2D eigenvalue weighted by atomic mass is 10.2. The summed E-state index contributed by atoms with van der Waals surface area (Å²) in [5.74, 6) is 0. The van der Waals surface area contributed by atoms with Crippen molar-refractivity contribution in [3.05, 3.63) is 66.2 Å². The lowest BCUT2D eigenvalue weighted by Crippen LogP contribution is -2.44. The van der Waals surface area contributed by atoms with Crippen molar-refractivity contribution in [1.29, 1.82) is 0 Å². The van der Waals surface area contributed by atoms with Crippen LogP contribution in [0.5, 0.6) is 0 Å². The van der Waals surface area contributed by atoms with Gasteiger partial charge in [0.25, 0.3) is 0 Å². The maximum Gasteiger partial charge on any atom is 0.140 e. The topological polar surface area (TPSA) is 3.24 Å². The fraction of sp³-hybridized carbons (Fsp3) is 0.333. The number of hydrogen-bond acceptors (Lipinski definition) is 1. The highest BCUT2D eigenvalue weighted by Gasteiger charge is 2.39. The van der Waals surface area contributed by atoms with Crippen LogP contribution in [0.2, 0.25) is 0 Å². The molecule has 1 aliphatic heterocycles. The molecule has 20 heavy (non-hydrogen) atoms. The molecule has 0 spiro atoms. The van der Waals surface area contributed by atoms with Crippen LogP contribution in [0.3, 0.4) is 0 Å². The predicted molar refractivity (Wildman–Crippen MR) is 85.3 cm³/mol. The molecule has 2 aromatic carbocycles. The van der Waals surface area contributed by atoms with Crippen molar-refractivity contribution < 1.29 is 0 Å². The minimum absolute atomic E-state index is 0.611. The largest absolute Gasteiger partial charge is 0.280 e. The van der Waals surface area contributed by atoms with Gasteiger partial charge in [-0.1, -0.05) is 48.5 Å². The first-order valence-electron chi connectivity index (χ1n) is 7.35. The van der Waals surface area contributed by atoms with E-state index < -0.39 is 0 Å². The molecule has 1 aliphatic rings. The molecule has 0 N–H and O–H groups in total. The molecule has 2 heteroatoms. The first kappa shape index (κ1) is 13.3. The third-order valence-corrected chi connectivity index (χ3v) is 4.39. The van der Waals surface area contributed by atoms with Gasteiger partial charge >= 0.3 is 0 Å². The fourth-order valence-electron chi connectivity index (χ4n) is 3.30.